The third-order valence-electron chi connectivity index (χ3n) is 5.08. The summed E-state index contributed by atoms with van der Waals surface area (Å²) in [6.07, 6.45) is 8.09. The number of hydrogen-bond donors (Lipinski definition) is 1. The van der Waals surface area contributed by atoms with Crippen LogP contribution in [0.25, 0.3) is 0 Å². The number of benzene rings is 1. The first-order valence-corrected chi connectivity index (χ1v) is 9.16. The predicted octanol–water partition coefficient (Wildman–Crippen LogP) is 2.98. The summed E-state index contributed by atoms with van der Waals surface area (Å²) >= 11 is 0. The molecule has 2 unspecified atom stereocenters. The van der Waals surface area contributed by atoms with E-state index >= 15 is 0 Å². The number of hydrogen-bond acceptors (Lipinski definition) is 4. The van der Waals surface area contributed by atoms with Gasteiger partial charge in [0.25, 0.3) is 0 Å². The Morgan fingerprint density at radius 1 is 1.24 bits per heavy atom. The first-order chi connectivity index (χ1) is 12.1. The summed E-state index contributed by atoms with van der Waals surface area (Å²) in [5, 5.41) is 10.1. The summed E-state index contributed by atoms with van der Waals surface area (Å²) in [4.78, 5) is 6.57. The van der Waals surface area contributed by atoms with Gasteiger partial charge in [0.05, 0.1) is 6.10 Å². The highest BCUT2D eigenvalue weighted by molar-refractivity contribution is 5.27. The Morgan fingerprint density at radius 2 is 2.00 bits per heavy atom. The average molecular weight is 343 g/mol. The van der Waals surface area contributed by atoms with Gasteiger partial charge in [-0.25, -0.2) is 4.98 Å². The molecule has 1 aromatic carbocycles. The van der Waals surface area contributed by atoms with Crippen LogP contribution in [0.4, 0.5) is 0 Å². The van der Waals surface area contributed by atoms with Gasteiger partial charge >= 0.3 is 0 Å². The normalized spacial score (nSPS) is 20.8. The van der Waals surface area contributed by atoms with Crippen LogP contribution in [-0.4, -0.2) is 39.3 Å². The van der Waals surface area contributed by atoms with E-state index < -0.39 is 0 Å². The molecule has 25 heavy (non-hydrogen) atoms. The SMILES string of the molecule is CN(Cc1ccc(OCc2nccn2C)cc1)CC1CCCCC1O. The van der Waals surface area contributed by atoms with E-state index in [1.807, 2.05) is 29.9 Å². The fourth-order valence-corrected chi connectivity index (χ4v) is 3.55. The van der Waals surface area contributed by atoms with E-state index in [0.29, 0.717) is 12.5 Å². The highest BCUT2D eigenvalue weighted by Crippen LogP contribution is 2.25. The number of ether oxygens (including phenoxy) is 1. The minimum atomic E-state index is -0.127. The monoisotopic (exact) mass is 343 g/mol. The van der Waals surface area contributed by atoms with Crippen molar-refractivity contribution in [2.45, 2.75) is 44.9 Å². The van der Waals surface area contributed by atoms with Gasteiger partial charge < -0.3 is 19.3 Å². The summed E-state index contributed by atoms with van der Waals surface area (Å²) in [5.74, 6) is 2.19. The van der Waals surface area contributed by atoms with Crippen molar-refractivity contribution in [1.82, 2.24) is 14.5 Å². The zero-order chi connectivity index (χ0) is 17.6. The third-order valence-corrected chi connectivity index (χ3v) is 5.08. The van der Waals surface area contributed by atoms with Crippen LogP contribution in [0.3, 0.4) is 0 Å². The Kier molecular flexibility index (Phi) is 6.10. The Bertz CT molecular complexity index is 653. The molecule has 1 aliphatic rings. The molecule has 0 radical (unpaired) electrons. The first-order valence-electron chi connectivity index (χ1n) is 9.16. The van der Waals surface area contributed by atoms with Crippen molar-refractivity contribution >= 4 is 0 Å². The summed E-state index contributed by atoms with van der Waals surface area (Å²) in [6, 6.07) is 8.26. The molecule has 2 atom stereocenters. The van der Waals surface area contributed by atoms with E-state index in [0.717, 1.165) is 37.5 Å². The van der Waals surface area contributed by atoms with Gasteiger partial charge in [0.15, 0.2) is 0 Å². The maximum Gasteiger partial charge on any atom is 0.146 e. The Balaban J connectivity index is 1.47. The van der Waals surface area contributed by atoms with Crippen molar-refractivity contribution in [3.8, 4) is 5.75 Å². The summed E-state index contributed by atoms with van der Waals surface area (Å²) in [7, 11) is 4.10. The van der Waals surface area contributed by atoms with Crippen molar-refractivity contribution in [3.05, 3.63) is 48.0 Å². The minimum absolute atomic E-state index is 0.127. The second-order valence-corrected chi connectivity index (χ2v) is 7.20. The zero-order valence-electron chi connectivity index (χ0n) is 15.3. The highest BCUT2D eigenvalue weighted by atomic mass is 16.5. The van der Waals surface area contributed by atoms with Crippen LogP contribution in [-0.2, 0) is 20.2 Å². The van der Waals surface area contributed by atoms with Gasteiger partial charge in [-0.15, -0.1) is 0 Å². The van der Waals surface area contributed by atoms with Gasteiger partial charge in [0.2, 0.25) is 0 Å². The van der Waals surface area contributed by atoms with E-state index in [4.69, 9.17) is 4.74 Å². The fraction of sp³-hybridized carbons (Fsp3) is 0.550. The first kappa shape index (κ1) is 18.0. The molecule has 0 amide bonds. The van der Waals surface area contributed by atoms with E-state index in [9.17, 15) is 5.11 Å². The lowest BCUT2D eigenvalue weighted by Gasteiger charge is -2.31. The van der Waals surface area contributed by atoms with Crippen molar-refractivity contribution in [3.63, 3.8) is 0 Å². The van der Waals surface area contributed by atoms with Gasteiger partial charge in [-0.05, 0) is 43.5 Å². The van der Waals surface area contributed by atoms with Gasteiger partial charge in [-0.1, -0.05) is 25.0 Å². The van der Waals surface area contributed by atoms with Gasteiger partial charge in [0.1, 0.15) is 18.2 Å². The summed E-state index contributed by atoms with van der Waals surface area (Å²) in [6.45, 7) is 2.32. The molecule has 1 fully saturated rings. The average Bonchev–Trinajstić information content (AvgIpc) is 3.01. The van der Waals surface area contributed by atoms with Crippen molar-refractivity contribution in [1.29, 1.82) is 0 Å². The Labute approximate surface area is 150 Å². The molecular weight excluding hydrogens is 314 g/mol. The maximum atomic E-state index is 10.1. The van der Waals surface area contributed by atoms with Crippen molar-refractivity contribution < 1.29 is 9.84 Å². The molecule has 1 heterocycles. The molecular formula is C20H29N3O2. The van der Waals surface area contributed by atoms with E-state index in [-0.39, 0.29) is 6.10 Å². The van der Waals surface area contributed by atoms with E-state index in [1.54, 1.807) is 6.20 Å². The molecule has 3 rings (SSSR count). The predicted molar refractivity (Wildman–Crippen MR) is 98.3 cm³/mol. The molecule has 5 nitrogen and oxygen atoms in total. The van der Waals surface area contributed by atoms with Crippen LogP contribution in [0.5, 0.6) is 5.75 Å². The van der Waals surface area contributed by atoms with Crippen molar-refractivity contribution in [2.75, 3.05) is 13.6 Å². The van der Waals surface area contributed by atoms with Crippen LogP contribution in [0.2, 0.25) is 0 Å². The molecule has 1 aliphatic carbocycles. The molecule has 0 bridgehead atoms. The minimum Gasteiger partial charge on any atom is -0.486 e. The number of aromatic nitrogens is 2. The summed E-state index contributed by atoms with van der Waals surface area (Å²) < 4.78 is 7.76. The number of rotatable bonds is 7. The van der Waals surface area contributed by atoms with Crippen molar-refractivity contribution in [2.24, 2.45) is 13.0 Å². The van der Waals surface area contributed by atoms with Crippen LogP contribution < -0.4 is 4.74 Å². The summed E-state index contributed by atoms with van der Waals surface area (Å²) in [5.41, 5.74) is 1.26. The standard InChI is InChI=1S/C20H29N3O2/c1-22(14-17-5-3-4-6-19(17)24)13-16-7-9-18(10-8-16)25-15-20-21-11-12-23(20)2/h7-12,17,19,24H,3-6,13-15H2,1-2H3. The maximum absolute atomic E-state index is 10.1. The number of aliphatic hydroxyl groups excluding tert-OH is 1. The highest BCUT2D eigenvalue weighted by Gasteiger charge is 2.23. The lowest BCUT2D eigenvalue weighted by atomic mass is 9.86. The molecule has 136 valence electrons. The second-order valence-electron chi connectivity index (χ2n) is 7.20. The Morgan fingerprint density at radius 3 is 2.68 bits per heavy atom. The topological polar surface area (TPSA) is 50.5 Å². The molecule has 0 spiro atoms. The number of aliphatic hydroxyl groups is 1. The third kappa shape index (κ3) is 5.06. The van der Waals surface area contributed by atoms with Gasteiger partial charge in [-0.2, -0.15) is 0 Å². The van der Waals surface area contributed by atoms with Gasteiger partial charge in [0, 0.05) is 32.5 Å². The molecule has 1 aromatic heterocycles. The molecule has 5 heteroatoms. The van der Waals surface area contributed by atoms with Crippen LogP contribution in [0.1, 0.15) is 37.1 Å². The lowest BCUT2D eigenvalue weighted by molar-refractivity contribution is 0.0502. The molecule has 1 N–H and O–H groups in total. The quantitative estimate of drug-likeness (QED) is 0.840. The zero-order valence-corrected chi connectivity index (χ0v) is 15.3. The fourth-order valence-electron chi connectivity index (χ4n) is 3.55. The second kappa shape index (κ2) is 8.50. The van der Waals surface area contributed by atoms with Crippen LogP contribution in [0.15, 0.2) is 36.7 Å². The smallest absolute Gasteiger partial charge is 0.146 e. The number of aryl methyl sites for hydroxylation is 1. The van der Waals surface area contributed by atoms with E-state index in [2.05, 4.69) is 29.1 Å². The lowest BCUT2D eigenvalue weighted by Crippen LogP contribution is -2.34. The Hall–Kier alpha value is -1.85. The van der Waals surface area contributed by atoms with E-state index in [1.165, 1.54) is 18.4 Å². The molecule has 0 aliphatic heterocycles. The largest absolute Gasteiger partial charge is 0.486 e. The van der Waals surface area contributed by atoms with Gasteiger partial charge in [-0.3, -0.25) is 0 Å². The van der Waals surface area contributed by atoms with Crippen LogP contribution in [0, 0.1) is 5.92 Å². The number of imidazole rings is 1. The molecule has 1 saturated carbocycles. The number of nitrogens with zero attached hydrogens (tertiary/aromatic N) is 3. The molecule has 2 aromatic rings. The molecule has 0 saturated heterocycles. The van der Waals surface area contributed by atoms with Crippen LogP contribution >= 0.6 is 0 Å².